The zero-order chi connectivity index (χ0) is 11.2. The molecule has 0 bridgehead atoms. The first-order chi connectivity index (χ1) is 7.00. The molecule has 0 aliphatic heterocycles. The van der Waals surface area contributed by atoms with Crippen LogP contribution in [0.15, 0.2) is 16.5 Å². The van der Waals surface area contributed by atoms with Gasteiger partial charge in [0.2, 0.25) is 5.76 Å². The average molecular weight is 206 g/mol. The number of hydrogen-bond acceptors (Lipinski definition) is 3. The van der Waals surface area contributed by atoms with E-state index in [2.05, 4.69) is 0 Å². The molecule has 1 aromatic heterocycles. The number of aryl methyl sites for hydroxylation is 2. The third-order valence-corrected chi connectivity index (χ3v) is 2.44. The molecule has 0 atom stereocenters. The number of furan rings is 1. The summed E-state index contributed by atoms with van der Waals surface area (Å²) in [6, 6.07) is 2.99. The van der Waals surface area contributed by atoms with E-state index in [0.29, 0.717) is 16.5 Å². The van der Waals surface area contributed by atoms with Gasteiger partial charge in [0, 0.05) is 10.9 Å². The number of hydrogen-bond donors (Lipinski definition) is 2. The number of carbonyl (C=O) groups is 1. The summed E-state index contributed by atoms with van der Waals surface area (Å²) in [5.41, 5.74) is 1.87. The molecule has 15 heavy (non-hydrogen) atoms. The van der Waals surface area contributed by atoms with E-state index in [0.717, 1.165) is 5.56 Å². The number of phenols is 1. The van der Waals surface area contributed by atoms with Crippen molar-refractivity contribution < 1.29 is 19.4 Å². The second-order valence-corrected chi connectivity index (χ2v) is 3.50. The number of carboxylic acids is 1. The Bertz CT molecular complexity index is 551. The molecule has 4 nitrogen and oxygen atoms in total. The molecule has 0 unspecified atom stereocenters. The summed E-state index contributed by atoms with van der Waals surface area (Å²) in [5.74, 6) is -1.07. The van der Waals surface area contributed by atoms with Crippen LogP contribution in [0.3, 0.4) is 0 Å². The molecule has 0 spiro atoms. The largest absolute Gasteiger partial charge is 0.508 e. The molecule has 1 heterocycles. The van der Waals surface area contributed by atoms with Crippen molar-refractivity contribution in [1.29, 1.82) is 0 Å². The van der Waals surface area contributed by atoms with Gasteiger partial charge in [-0.25, -0.2) is 4.79 Å². The van der Waals surface area contributed by atoms with Crippen molar-refractivity contribution in [2.75, 3.05) is 0 Å². The maximum absolute atomic E-state index is 10.7. The SMILES string of the molecule is Cc1c(O)cc(C)c2oc(C(=O)O)cc12. The molecule has 0 fully saturated rings. The Morgan fingerprint density at radius 1 is 1.33 bits per heavy atom. The first-order valence-electron chi connectivity index (χ1n) is 4.46. The fourth-order valence-electron chi connectivity index (χ4n) is 1.58. The molecule has 2 aromatic rings. The highest BCUT2D eigenvalue weighted by atomic mass is 16.4. The summed E-state index contributed by atoms with van der Waals surface area (Å²) >= 11 is 0. The number of fused-ring (bicyclic) bond motifs is 1. The van der Waals surface area contributed by atoms with Gasteiger partial charge in [0.25, 0.3) is 0 Å². The topological polar surface area (TPSA) is 70.7 Å². The van der Waals surface area contributed by atoms with Crippen LogP contribution in [0.25, 0.3) is 11.0 Å². The number of carboxylic acid groups (broad SMARTS) is 1. The molecular formula is C11H10O4. The molecule has 0 radical (unpaired) electrons. The van der Waals surface area contributed by atoms with Crippen molar-refractivity contribution in [2.45, 2.75) is 13.8 Å². The monoisotopic (exact) mass is 206 g/mol. The summed E-state index contributed by atoms with van der Waals surface area (Å²) in [4.78, 5) is 10.7. The fraction of sp³-hybridized carbons (Fsp3) is 0.182. The Morgan fingerprint density at radius 3 is 2.60 bits per heavy atom. The van der Waals surface area contributed by atoms with Gasteiger partial charge in [-0.05, 0) is 31.5 Å². The highest BCUT2D eigenvalue weighted by Crippen LogP contribution is 2.31. The van der Waals surface area contributed by atoms with Crippen LogP contribution in [0.1, 0.15) is 21.7 Å². The summed E-state index contributed by atoms with van der Waals surface area (Å²) in [7, 11) is 0. The van der Waals surface area contributed by atoms with Gasteiger partial charge in [-0.3, -0.25) is 0 Å². The second-order valence-electron chi connectivity index (χ2n) is 3.50. The lowest BCUT2D eigenvalue weighted by Gasteiger charge is -2.01. The lowest BCUT2D eigenvalue weighted by atomic mass is 10.1. The minimum Gasteiger partial charge on any atom is -0.508 e. The van der Waals surface area contributed by atoms with E-state index >= 15 is 0 Å². The zero-order valence-corrected chi connectivity index (χ0v) is 8.37. The predicted molar refractivity (Wildman–Crippen MR) is 54.3 cm³/mol. The summed E-state index contributed by atoms with van der Waals surface area (Å²) < 4.78 is 5.19. The van der Waals surface area contributed by atoms with Gasteiger partial charge in [-0.2, -0.15) is 0 Å². The van der Waals surface area contributed by atoms with Gasteiger partial charge < -0.3 is 14.6 Å². The summed E-state index contributed by atoms with van der Waals surface area (Å²) in [6.07, 6.45) is 0. The molecular weight excluding hydrogens is 196 g/mol. The van der Waals surface area contributed by atoms with Crippen LogP contribution < -0.4 is 0 Å². The van der Waals surface area contributed by atoms with Crippen molar-refractivity contribution in [3.8, 4) is 5.75 Å². The first-order valence-corrected chi connectivity index (χ1v) is 4.46. The third kappa shape index (κ3) is 1.34. The van der Waals surface area contributed by atoms with E-state index < -0.39 is 5.97 Å². The van der Waals surface area contributed by atoms with Gasteiger partial charge in [0.05, 0.1) is 0 Å². The Balaban J connectivity index is 2.85. The van der Waals surface area contributed by atoms with Crippen molar-refractivity contribution in [1.82, 2.24) is 0 Å². The summed E-state index contributed by atoms with van der Waals surface area (Å²) in [5, 5.41) is 19.0. The van der Waals surface area contributed by atoms with Gasteiger partial charge in [-0.15, -0.1) is 0 Å². The molecule has 0 aliphatic rings. The van der Waals surface area contributed by atoms with Crippen LogP contribution in [0.2, 0.25) is 0 Å². The number of benzene rings is 1. The molecule has 4 heteroatoms. The number of rotatable bonds is 1. The van der Waals surface area contributed by atoms with E-state index in [4.69, 9.17) is 9.52 Å². The van der Waals surface area contributed by atoms with Crippen molar-refractivity contribution in [3.63, 3.8) is 0 Å². The third-order valence-electron chi connectivity index (χ3n) is 2.44. The first kappa shape index (κ1) is 9.58. The number of aromatic carboxylic acids is 1. The van der Waals surface area contributed by atoms with Crippen LogP contribution in [-0.2, 0) is 0 Å². The molecule has 0 saturated carbocycles. The van der Waals surface area contributed by atoms with Crippen LogP contribution >= 0.6 is 0 Å². The standard InChI is InChI=1S/C11H10O4/c1-5-3-8(12)6(2)7-4-9(11(13)14)15-10(5)7/h3-4,12H,1-2H3,(H,13,14). The highest BCUT2D eigenvalue weighted by molar-refractivity contribution is 5.94. The van der Waals surface area contributed by atoms with Crippen molar-refractivity contribution in [2.24, 2.45) is 0 Å². The molecule has 0 saturated heterocycles. The molecule has 78 valence electrons. The Hall–Kier alpha value is -1.97. The lowest BCUT2D eigenvalue weighted by Crippen LogP contribution is -1.91. The zero-order valence-electron chi connectivity index (χ0n) is 8.37. The van der Waals surface area contributed by atoms with Crippen LogP contribution in [0.5, 0.6) is 5.75 Å². The number of phenolic OH excluding ortho intramolecular Hbond substituents is 1. The van der Waals surface area contributed by atoms with E-state index in [1.54, 1.807) is 19.9 Å². The van der Waals surface area contributed by atoms with Crippen molar-refractivity contribution in [3.05, 3.63) is 29.0 Å². The molecule has 0 amide bonds. The van der Waals surface area contributed by atoms with Gasteiger partial charge in [0.1, 0.15) is 11.3 Å². The maximum atomic E-state index is 10.7. The van der Waals surface area contributed by atoms with E-state index in [1.807, 2.05) is 0 Å². The maximum Gasteiger partial charge on any atom is 0.371 e. The van der Waals surface area contributed by atoms with Crippen LogP contribution in [0.4, 0.5) is 0 Å². The molecule has 2 N–H and O–H groups in total. The van der Waals surface area contributed by atoms with E-state index in [1.165, 1.54) is 6.07 Å². The average Bonchev–Trinajstić information content (AvgIpc) is 2.59. The van der Waals surface area contributed by atoms with E-state index in [-0.39, 0.29) is 11.5 Å². The second kappa shape index (κ2) is 3.02. The Morgan fingerprint density at radius 2 is 2.00 bits per heavy atom. The summed E-state index contributed by atoms with van der Waals surface area (Å²) in [6.45, 7) is 3.48. The minimum absolute atomic E-state index is 0.109. The van der Waals surface area contributed by atoms with Crippen molar-refractivity contribution >= 4 is 16.9 Å². The van der Waals surface area contributed by atoms with E-state index in [9.17, 15) is 9.90 Å². The van der Waals surface area contributed by atoms with Gasteiger partial charge >= 0.3 is 5.97 Å². The molecule has 1 aromatic carbocycles. The predicted octanol–water partition coefficient (Wildman–Crippen LogP) is 2.45. The quantitative estimate of drug-likeness (QED) is 0.751. The normalized spacial score (nSPS) is 10.8. The fourth-order valence-corrected chi connectivity index (χ4v) is 1.58. The van der Waals surface area contributed by atoms with Crippen LogP contribution in [0, 0.1) is 13.8 Å². The van der Waals surface area contributed by atoms with Crippen LogP contribution in [-0.4, -0.2) is 16.2 Å². The molecule has 2 rings (SSSR count). The minimum atomic E-state index is -1.11. The van der Waals surface area contributed by atoms with Gasteiger partial charge in [-0.1, -0.05) is 0 Å². The smallest absolute Gasteiger partial charge is 0.371 e. The lowest BCUT2D eigenvalue weighted by molar-refractivity contribution is 0.0665. The molecule has 0 aliphatic carbocycles. The number of aromatic hydroxyl groups is 1. The van der Waals surface area contributed by atoms with Gasteiger partial charge in [0.15, 0.2) is 0 Å². The Labute approximate surface area is 85.8 Å². The Kier molecular flexibility index (Phi) is 1.93. The highest BCUT2D eigenvalue weighted by Gasteiger charge is 2.15.